The number of alkyl halides is 3. The quantitative estimate of drug-likeness (QED) is 0.862. The van der Waals surface area contributed by atoms with Gasteiger partial charge in [-0.3, -0.25) is 0 Å². The van der Waals surface area contributed by atoms with E-state index in [0.29, 0.717) is 18.9 Å². The van der Waals surface area contributed by atoms with E-state index < -0.39 is 11.7 Å². The van der Waals surface area contributed by atoms with Crippen LogP contribution in [-0.2, 0) is 12.6 Å². The van der Waals surface area contributed by atoms with E-state index in [1.807, 2.05) is 17.0 Å². The Bertz CT molecular complexity index is 738. The van der Waals surface area contributed by atoms with Gasteiger partial charge in [0.15, 0.2) is 0 Å². The molecule has 0 radical (unpaired) electrons. The van der Waals surface area contributed by atoms with Crippen molar-refractivity contribution in [1.82, 2.24) is 4.98 Å². The second-order valence-electron chi connectivity index (χ2n) is 6.88. The summed E-state index contributed by atoms with van der Waals surface area (Å²) in [6.45, 7) is 5.10. The molecule has 3 rings (SSSR count). The highest BCUT2D eigenvalue weighted by Crippen LogP contribution is 2.30. The molecule has 1 unspecified atom stereocenters. The smallest absolute Gasteiger partial charge is 0.368 e. The van der Waals surface area contributed by atoms with Crippen LogP contribution < -0.4 is 15.5 Å². The minimum Gasteiger partial charge on any atom is -0.368 e. The van der Waals surface area contributed by atoms with Crippen LogP contribution in [0.5, 0.6) is 0 Å². The van der Waals surface area contributed by atoms with Gasteiger partial charge in [0.05, 0.1) is 5.56 Å². The molecule has 2 heterocycles. The maximum Gasteiger partial charge on any atom is 0.417 e. The lowest BCUT2D eigenvalue weighted by Crippen LogP contribution is -2.47. The van der Waals surface area contributed by atoms with Crippen molar-refractivity contribution in [2.24, 2.45) is 5.73 Å². The molecule has 146 valence electrons. The lowest BCUT2D eigenvalue weighted by atomic mass is 10.0. The van der Waals surface area contributed by atoms with Gasteiger partial charge >= 0.3 is 6.18 Å². The number of pyridine rings is 1. The van der Waals surface area contributed by atoms with E-state index in [9.17, 15) is 13.2 Å². The summed E-state index contributed by atoms with van der Waals surface area (Å²) >= 11 is 0. The van der Waals surface area contributed by atoms with E-state index in [1.54, 1.807) is 0 Å². The Hall–Kier alpha value is -2.28. The summed E-state index contributed by atoms with van der Waals surface area (Å²) in [5.74, 6) is 0.587. The van der Waals surface area contributed by atoms with Crippen LogP contribution in [0.3, 0.4) is 0 Å². The summed E-state index contributed by atoms with van der Waals surface area (Å²) in [5.41, 5.74) is 7.85. The number of nitrogens with two attached hydrogens (primary N) is 1. The lowest BCUT2D eigenvalue weighted by Gasteiger charge is -2.37. The molecule has 7 heteroatoms. The minimum absolute atomic E-state index is 0.142. The largest absolute Gasteiger partial charge is 0.417 e. The van der Waals surface area contributed by atoms with Gasteiger partial charge in [-0.15, -0.1) is 0 Å². The molecule has 2 N–H and O–H groups in total. The molecule has 1 atom stereocenters. The van der Waals surface area contributed by atoms with E-state index in [0.717, 1.165) is 38.2 Å². The predicted molar refractivity (Wildman–Crippen MR) is 102 cm³/mol. The van der Waals surface area contributed by atoms with Crippen molar-refractivity contribution in [3.05, 3.63) is 53.7 Å². The van der Waals surface area contributed by atoms with Gasteiger partial charge < -0.3 is 15.5 Å². The van der Waals surface area contributed by atoms with Crippen molar-refractivity contribution in [2.45, 2.75) is 32.0 Å². The van der Waals surface area contributed by atoms with Crippen LogP contribution in [0.15, 0.2) is 42.6 Å². The average Bonchev–Trinajstić information content (AvgIpc) is 2.68. The zero-order valence-corrected chi connectivity index (χ0v) is 15.4. The standard InChI is InChI=1S/C20H25F3N4/c1-2-17(24)13-15-5-3-4-6-18(15)26-9-11-27(12-10-26)19-8-7-16(14-25-19)20(21,22)23/h3-8,14,17H,2,9-13,24H2,1H3. The number of anilines is 2. The Morgan fingerprint density at radius 1 is 1.04 bits per heavy atom. The number of rotatable bonds is 5. The molecule has 1 saturated heterocycles. The molecular weight excluding hydrogens is 353 g/mol. The normalized spacial score (nSPS) is 16.5. The summed E-state index contributed by atoms with van der Waals surface area (Å²) in [4.78, 5) is 8.35. The molecule has 0 aliphatic carbocycles. The highest BCUT2D eigenvalue weighted by Gasteiger charge is 2.31. The highest BCUT2D eigenvalue weighted by atomic mass is 19.4. The molecule has 1 aliphatic heterocycles. The summed E-state index contributed by atoms with van der Waals surface area (Å²) in [6, 6.07) is 11.0. The van der Waals surface area contributed by atoms with Gasteiger partial charge in [-0.2, -0.15) is 13.2 Å². The van der Waals surface area contributed by atoms with Crippen LogP contribution in [0, 0.1) is 0 Å². The zero-order chi connectivity index (χ0) is 19.4. The lowest BCUT2D eigenvalue weighted by molar-refractivity contribution is -0.137. The van der Waals surface area contributed by atoms with Crippen molar-refractivity contribution in [1.29, 1.82) is 0 Å². The van der Waals surface area contributed by atoms with Gasteiger partial charge in [-0.05, 0) is 36.6 Å². The van der Waals surface area contributed by atoms with Crippen molar-refractivity contribution >= 4 is 11.5 Å². The third-order valence-electron chi connectivity index (χ3n) is 5.02. The highest BCUT2D eigenvalue weighted by molar-refractivity contribution is 5.55. The summed E-state index contributed by atoms with van der Waals surface area (Å²) in [7, 11) is 0. The molecule has 2 aromatic rings. The molecule has 1 aromatic heterocycles. The molecule has 4 nitrogen and oxygen atoms in total. The number of aromatic nitrogens is 1. The number of hydrogen-bond donors (Lipinski definition) is 1. The molecule has 0 amide bonds. The van der Waals surface area contributed by atoms with Crippen molar-refractivity contribution in [2.75, 3.05) is 36.0 Å². The van der Waals surface area contributed by atoms with Gasteiger partial charge in [0.2, 0.25) is 0 Å². The summed E-state index contributed by atoms with van der Waals surface area (Å²) in [5, 5.41) is 0. The van der Waals surface area contributed by atoms with Gasteiger partial charge in [0.25, 0.3) is 0 Å². The number of nitrogens with zero attached hydrogens (tertiary/aromatic N) is 3. The number of hydrogen-bond acceptors (Lipinski definition) is 4. The fraction of sp³-hybridized carbons (Fsp3) is 0.450. The minimum atomic E-state index is -4.35. The Kier molecular flexibility index (Phi) is 5.89. The average molecular weight is 378 g/mol. The summed E-state index contributed by atoms with van der Waals surface area (Å²) in [6.07, 6.45) is -1.68. The van der Waals surface area contributed by atoms with E-state index >= 15 is 0 Å². The van der Waals surface area contributed by atoms with Crippen molar-refractivity contribution < 1.29 is 13.2 Å². The molecular formula is C20H25F3N4. The number of piperazine rings is 1. The Labute approximate surface area is 157 Å². The first-order valence-corrected chi connectivity index (χ1v) is 9.25. The van der Waals surface area contributed by atoms with Crippen molar-refractivity contribution in [3.8, 4) is 0 Å². The van der Waals surface area contributed by atoms with Crippen LogP contribution in [0.4, 0.5) is 24.7 Å². The first-order valence-electron chi connectivity index (χ1n) is 9.25. The van der Waals surface area contributed by atoms with E-state index in [1.165, 1.54) is 17.3 Å². The molecule has 1 aliphatic rings. The van der Waals surface area contributed by atoms with Crippen LogP contribution in [-0.4, -0.2) is 37.2 Å². The molecule has 1 aromatic carbocycles. The van der Waals surface area contributed by atoms with E-state index in [4.69, 9.17) is 5.73 Å². The molecule has 1 fully saturated rings. The second kappa shape index (κ2) is 8.17. The van der Waals surface area contributed by atoms with Crippen LogP contribution in [0.1, 0.15) is 24.5 Å². The van der Waals surface area contributed by atoms with Gasteiger partial charge in [-0.25, -0.2) is 4.98 Å². The Morgan fingerprint density at radius 3 is 2.30 bits per heavy atom. The molecule has 0 saturated carbocycles. The second-order valence-corrected chi connectivity index (χ2v) is 6.88. The van der Waals surface area contributed by atoms with Crippen LogP contribution >= 0.6 is 0 Å². The summed E-state index contributed by atoms with van der Waals surface area (Å²) < 4.78 is 38.1. The maximum absolute atomic E-state index is 12.7. The number of halogens is 3. The van der Waals surface area contributed by atoms with Crippen LogP contribution in [0.2, 0.25) is 0 Å². The third kappa shape index (κ3) is 4.71. The topological polar surface area (TPSA) is 45.4 Å². The SMILES string of the molecule is CCC(N)Cc1ccccc1N1CCN(c2ccc(C(F)(F)F)cn2)CC1. The molecule has 27 heavy (non-hydrogen) atoms. The van der Waals surface area contributed by atoms with E-state index in [2.05, 4.69) is 28.9 Å². The van der Waals surface area contributed by atoms with Gasteiger partial charge in [0, 0.05) is 44.1 Å². The first-order chi connectivity index (χ1) is 12.9. The van der Waals surface area contributed by atoms with Gasteiger partial charge in [0.1, 0.15) is 5.82 Å². The molecule has 0 spiro atoms. The monoisotopic (exact) mass is 378 g/mol. The number of benzene rings is 1. The van der Waals surface area contributed by atoms with E-state index in [-0.39, 0.29) is 6.04 Å². The third-order valence-corrected chi connectivity index (χ3v) is 5.02. The zero-order valence-electron chi connectivity index (χ0n) is 15.4. The Balaban J connectivity index is 1.66. The fourth-order valence-electron chi connectivity index (χ4n) is 3.34. The van der Waals surface area contributed by atoms with Crippen LogP contribution in [0.25, 0.3) is 0 Å². The fourth-order valence-corrected chi connectivity index (χ4v) is 3.34. The Morgan fingerprint density at radius 2 is 1.70 bits per heavy atom. The van der Waals surface area contributed by atoms with Gasteiger partial charge in [-0.1, -0.05) is 25.1 Å². The predicted octanol–water partition coefficient (Wildman–Crippen LogP) is 3.71. The maximum atomic E-state index is 12.7. The van der Waals surface area contributed by atoms with Crippen molar-refractivity contribution in [3.63, 3.8) is 0 Å². The molecule has 0 bridgehead atoms. The number of para-hydroxylation sites is 1. The first kappa shape index (κ1) is 19.5.